The number of fused-ring (bicyclic) bond motifs is 1. The van der Waals surface area contributed by atoms with Crippen LogP contribution >= 0.6 is 0 Å². The molecule has 0 saturated carbocycles. The molecule has 0 fully saturated rings. The van der Waals surface area contributed by atoms with Gasteiger partial charge in [-0.05, 0) is 43.9 Å². The third-order valence-electron chi connectivity index (χ3n) is 6.34. The van der Waals surface area contributed by atoms with Crippen molar-refractivity contribution in [2.75, 3.05) is 6.54 Å². The van der Waals surface area contributed by atoms with Gasteiger partial charge in [0.05, 0.1) is 12.1 Å². The lowest BCUT2D eigenvalue weighted by molar-refractivity contribution is 0.0940. The molecule has 0 aliphatic rings. The number of rotatable bonds is 11. The number of benzene rings is 3. The van der Waals surface area contributed by atoms with Gasteiger partial charge in [0.2, 0.25) is 0 Å². The highest BCUT2D eigenvalue weighted by atomic mass is 16.3. The Kier molecular flexibility index (Phi) is 7.91. The van der Waals surface area contributed by atoms with E-state index in [0.29, 0.717) is 24.1 Å². The molecule has 0 bridgehead atoms. The van der Waals surface area contributed by atoms with Crippen molar-refractivity contribution in [3.63, 3.8) is 0 Å². The van der Waals surface area contributed by atoms with E-state index in [4.69, 9.17) is 0 Å². The minimum atomic E-state index is -0.508. The zero-order valence-corrected chi connectivity index (χ0v) is 20.3. The topological polar surface area (TPSA) is 82.2 Å². The molecule has 1 aromatic heterocycles. The number of Topliss-reactive ketones (excluding diaryl/α,β-unsaturated/α-hetero) is 2. The van der Waals surface area contributed by atoms with E-state index in [1.165, 1.54) is 11.1 Å². The number of H-pyrrole nitrogens is 1. The molecule has 5 heteroatoms. The minimum Gasteiger partial charge on any atom is -0.393 e. The summed E-state index contributed by atoms with van der Waals surface area (Å²) in [5.41, 5.74) is 5.30. The summed E-state index contributed by atoms with van der Waals surface area (Å²) >= 11 is 0. The predicted molar refractivity (Wildman–Crippen MR) is 140 cm³/mol. The number of nitrogens with one attached hydrogen (secondary N) is 2. The molecule has 4 rings (SSSR count). The molecule has 1 heterocycles. The second-order valence-electron chi connectivity index (χ2n) is 9.17. The van der Waals surface area contributed by atoms with Gasteiger partial charge in [-0.3, -0.25) is 9.59 Å². The molecule has 4 aromatic rings. The molecule has 3 aromatic carbocycles. The standard InChI is InChI=1S/C30H32N2O3/c1-20-8-11-22(12-9-20)16-17-31-29(23-6-4-3-5-7-23)30(35)26-19-32-27-18-24(13-14-25(26)27)28(34)15-10-21(2)33/h3-9,11-14,18-19,21,29,31-33H,10,15-17H2,1-2H3/t21-,29-/m1/s1. The molecule has 0 unspecified atom stereocenters. The Bertz CT molecular complexity index is 1290. The van der Waals surface area contributed by atoms with E-state index in [0.717, 1.165) is 22.9 Å². The SMILES string of the molecule is Cc1ccc(CCN[C@@H](C(=O)c2c[nH]c3cc(C(=O)CC[C@@H](C)O)ccc23)c2ccccc2)cc1. The normalized spacial score (nSPS) is 13.0. The Labute approximate surface area is 206 Å². The first-order valence-electron chi connectivity index (χ1n) is 12.1. The zero-order chi connectivity index (χ0) is 24.8. The molecule has 180 valence electrons. The molecular formula is C30H32N2O3. The number of hydrogen-bond donors (Lipinski definition) is 3. The number of ketones is 2. The van der Waals surface area contributed by atoms with Gasteiger partial charge in [-0.1, -0.05) is 72.3 Å². The fraction of sp³-hybridized carbons (Fsp3) is 0.267. The molecular weight excluding hydrogens is 436 g/mol. The highest BCUT2D eigenvalue weighted by molar-refractivity contribution is 6.11. The van der Waals surface area contributed by atoms with E-state index in [9.17, 15) is 14.7 Å². The average molecular weight is 469 g/mol. The van der Waals surface area contributed by atoms with E-state index in [2.05, 4.69) is 41.5 Å². The van der Waals surface area contributed by atoms with E-state index in [1.807, 2.05) is 36.4 Å². The second-order valence-corrected chi connectivity index (χ2v) is 9.17. The molecule has 0 aliphatic carbocycles. The van der Waals surface area contributed by atoms with Gasteiger partial charge < -0.3 is 15.4 Å². The van der Waals surface area contributed by atoms with Gasteiger partial charge in [0.25, 0.3) is 0 Å². The van der Waals surface area contributed by atoms with Crippen LogP contribution in [-0.4, -0.2) is 34.3 Å². The van der Waals surface area contributed by atoms with Crippen LogP contribution in [0.25, 0.3) is 10.9 Å². The molecule has 35 heavy (non-hydrogen) atoms. The molecule has 0 saturated heterocycles. The first kappa shape index (κ1) is 24.6. The number of hydrogen-bond acceptors (Lipinski definition) is 4. The highest BCUT2D eigenvalue weighted by Crippen LogP contribution is 2.26. The van der Waals surface area contributed by atoms with Crippen LogP contribution < -0.4 is 5.32 Å². The first-order valence-corrected chi connectivity index (χ1v) is 12.1. The zero-order valence-electron chi connectivity index (χ0n) is 20.3. The van der Waals surface area contributed by atoms with Gasteiger partial charge in [0.15, 0.2) is 11.6 Å². The average Bonchev–Trinajstić information content (AvgIpc) is 3.30. The summed E-state index contributed by atoms with van der Waals surface area (Å²) in [7, 11) is 0. The number of carbonyl (C=O) groups is 2. The van der Waals surface area contributed by atoms with Crippen LogP contribution in [0.4, 0.5) is 0 Å². The fourth-order valence-corrected chi connectivity index (χ4v) is 4.27. The van der Waals surface area contributed by atoms with Crippen molar-refractivity contribution in [3.05, 3.63) is 107 Å². The number of aryl methyl sites for hydroxylation is 1. The molecule has 3 N–H and O–H groups in total. The maximum absolute atomic E-state index is 13.7. The Hall–Kier alpha value is -3.54. The summed E-state index contributed by atoms with van der Waals surface area (Å²) < 4.78 is 0. The largest absolute Gasteiger partial charge is 0.393 e. The molecule has 2 atom stereocenters. The Morgan fingerprint density at radius 1 is 1.00 bits per heavy atom. The molecule has 0 amide bonds. The monoisotopic (exact) mass is 468 g/mol. The van der Waals surface area contributed by atoms with Crippen LogP contribution in [0.2, 0.25) is 0 Å². The van der Waals surface area contributed by atoms with Crippen LogP contribution in [-0.2, 0) is 6.42 Å². The van der Waals surface area contributed by atoms with Gasteiger partial charge in [-0.15, -0.1) is 0 Å². The van der Waals surface area contributed by atoms with Crippen LogP contribution in [0.15, 0.2) is 79.0 Å². The first-order chi connectivity index (χ1) is 16.9. The maximum atomic E-state index is 13.7. The van der Waals surface area contributed by atoms with E-state index < -0.39 is 12.1 Å². The number of aliphatic hydroxyl groups is 1. The molecule has 0 radical (unpaired) electrons. The van der Waals surface area contributed by atoms with Crippen LogP contribution in [0.5, 0.6) is 0 Å². The van der Waals surface area contributed by atoms with Gasteiger partial charge in [-0.2, -0.15) is 0 Å². The highest BCUT2D eigenvalue weighted by Gasteiger charge is 2.24. The van der Waals surface area contributed by atoms with Gasteiger partial charge >= 0.3 is 0 Å². The summed E-state index contributed by atoms with van der Waals surface area (Å²) in [4.78, 5) is 29.4. The van der Waals surface area contributed by atoms with E-state index in [-0.39, 0.29) is 18.0 Å². The Balaban J connectivity index is 1.54. The van der Waals surface area contributed by atoms with Gasteiger partial charge in [0.1, 0.15) is 0 Å². The summed E-state index contributed by atoms with van der Waals surface area (Å²) in [5.74, 6) is -0.0326. The second kappa shape index (κ2) is 11.3. The number of aliphatic hydroxyl groups excluding tert-OH is 1. The third kappa shape index (κ3) is 6.13. The van der Waals surface area contributed by atoms with Crippen molar-refractivity contribution in [1.29, 1.82) is 0 Å². The lowest BCUT2D eigenvalue weighted by atomic mass is 9.96. The van der Waals surface area contributed by atoms with Crippen molar-refractivity contribution in [3.8, 4) is 0 Å². The summed E-state index contributed by atoms with van der Waals surface area (Å²) in [6.45, 7) is 4.41. The number of aromatic amines is 1. The lowest BCUT2D eigenvalue weighted by Gasteiger charge is -2.18. The van der Waals surface area contributed by atoms with Crippen LogP contribution in [0.1, 0.15) is 63.2 Å². The fourth-order valence-electron chi connectivity index (χ4n) is 4.27. The van der Waals surface area contributed by atoms with Crippen molar-refractivity contribution < 1.29 is 14.7 Å². The summed E-state index contributed by atoms with van der Waals surface area (Å²) in [6.07, 6.45) is 2.76. The van der Waals surface area contributed by atoms with E-state index in [1.54, 1.807) is 25.3 Å². The summed E-state index contributed by atoms with van der Waals surface area (Å²) in [6, 6.07) is 23.1. The predicted octanol–water partition coefficient (Wildman–Crippen LogP) is 5.58. The number of carbonyl (C=O) groups excluding carboxylic acids is 2. The molecule has 5 nitrogen and oxygen atoms in total. The molecule has 0 aliphatic heterocycles. The van der Waals surface area contributed by atoms with E-state index >= 15 is 0 Å². The van der Waals surface area contributed by atoms with Crippen molar-refractivity contribution in [2.45, 2.75) is 45.3 Å². The lowest BCUT2D eigenvalue weighted by Crippen LogP contribution is -2.30. The minimum absolute atomic E-state index is 0.0143. The van der Waals surface area contributed by atoms with Crippen molar-refractivity contribution in [2.24, 2.45) is 0 Å². The summed E-state index contributed by atoms with van der Waals surface area (Å²) in [5, 5.41) is 13.7. The molecule has 0 spiro atoms. The quantitative estimate of drug-likeness (QED) is 0.251. The number of aromatic nitrogens is 1. The van der Waals surface area contributed by atoms with Crippen molar-refractivity contribution in [1.82, 2.24) is 10.3 Å². The third-order valence-corrected chi connectivity index (χ3v) is 6.34. The van der Waals surface area contributed by atoms with Crippen molar-refractivity contribution >= 4 is 22.5 Å². The Morgan fingerprint density at radius 2 is 1.74 bits per heavy atom. The van der Waals surface area contributed by atoms with Crippen LogP contribution in [0.3, 0.4) is 0 Å². The van der Waals surface area contributed by atoms with Gasteiger partial charge in [-0.25, -0.2) is 0 Å². The maximum Gasteiger partial charge on any atom is 0.186 e. The van der Waals surface area contributed by atoms with Gasteiger partial charge in [0, 0.05) is 41.2 Å². The Morgan fingerprint density at radius 3 is 2.46 bits per heavy atom. The van der Waals surface area contributed by atoms with Crippen LogP contribution in [0, 0.1) is 6.92 Å². The smallest absolute Gasteiger partial charge is 0.186 e.